The van der Waals surface area contributed by atoms with E-state index in [-0.39, 0.29) is 42.0 Å². The van der Waals surface area contributed by atoms with Crippen molar-refractivity contribution in [1.82, 2.24) is 15.0 Å². The van der Waals surface area contributed by atoms with Crippen LogP contribution in [0.1, 0.15) is 71.1 Å². The predicted molar refractivity (Wildman–Crippen MR) is 106 cm³/mol. The van der Waals surface area contributed by atoms with Gasteiger partial charge in [-0.05, 0) is 19.3 Å². The van der Waals surface area contributed by atoms with Gasteiger partial charge >= 0.3 is 0 Å². The van der Waals surface area contributed by atoms with Crippen LogP contribution in [0, 0.1) is 5.92 Å². The molecule has 2 rings (SSSR count). The van der Waals surface area contributed by atoms with Crippen molar-refractivity contribution >= 4 is 29.7 Å². The molecule has 27 heavy (non-hydrogen) atoms. The number of unbranched alkanes of at least 4 members (excludes halogenated alkanes) is 7. The second kappa shape index (κ2) is 10.6. The number of allylic oxidation sites excluding steroid dienone is 2. The molecule has 0 spiro atoms. The van der Waals surface area contributed by atoms with Gasteiger partial charge in [-0.15, -0.1) is 0 Å². The molecule has 1 aromatic heterocycles. The third-order valence-electron chi connectivity index (χ3n) is 4.66. The van der Waals surface area contributed by atoms with Crippen LogP contribution in [0.15, 0.2) is 12.2 Å². The lowest BCUT2D eigenvalue weighted by atomic mass is 10.0. The Morgan fingerprint density at radius 2 is 1.59 bits per heavy atom. The number of carbonyl (C=O) groups excluding carboxylic acids is 2. The van der Waals surface area contributed by atoms with Crippen LogP contribution in [0.2, 0.25) is 0 Å². The SMILES string of the molecule is CCCCCCCCC/C=C/CC1CC(=O)N(c2nc(N)nc(N)n2)C1=O. The lowest BCUT2D eigenvalue weighted by Gasteiger charge is -2.12. The van der Waals surface area contributed by atoms with Crippen molar-refractivity contribution in [3.63, 3.8) is 0 Å². The molecule has 4 N–H and O–H groups in total. The fourth-order valence-corrected chi connectivity index (χ4v) is 3.18. The number of rotatable bonds is 11. The highest BCUT2D eigenvalue weighted by Crippen LogP contribution is 2.27. The van der Waals surface area contributed by atoms with Gasteiger partial charge in [0.2, 0.25) is 29.7 Å². The normalized spacial score (nSPS) is 17.4. The third-order valence-corrected chi connectivity index (χ3v) is 4.66. The number of nitrogens with two attached hydrogens (primary N) is 2. The molecule has 2 heterocycles. The van der Waals surface area contributed by atoms with Crippen molar-refractivity contribution < 1.29 is 9.59 Å². The zero-order valence-electron chi connectivity index (χ0n) is 16.1. The van der Waals surface area contributed by atoms with Gasteiger partial charge in [0.25, 0.3) is 0 Å². The van der Waals surface area contributed by atoms with Gasteiger partial charge in [-0.25, -0.2) is 4.90 Å². The van der Waals surface area contributed by atoms with Gasteiger partial charge < -0.3 is 11.5 Å². The summed E-state index contributed by atoms with van der Waals surface area (Å²) in [6, 6.07) is 0. The van der Waals surface area contributed by atoms with Crippen LogP contribution in [0.4, 0.5) is 17.8 Å². The fourth-order valence-electron chi connectivity index (χ4n) is 3.18. The van der Waals surface area contributed by atoms with Crippen LogP contribution in [-0.4, -0.2) is 26.8 Å². The highest BCUT2D eigenvalue weighted by molar-refractivity contribution is 6.20. The van der Waals surface area contributed by atoms with Crippen LogP contribution < -0.4 is 16.4 Å². The average molecular weight is 374 g/mol. The van der Waals surface area contributed by atoms with E-state index >= 15 is 0 Å². The van der Waals surface area contributed by atoms with Crippen LogP contribution in [0.3, 0.4) is 0 Å². The molecule has 0 saturated carbocycles. The summed E-state index contributed by atoms with van der Waals surface area (Å²) in [6.45, 7) is 2.22. The molecule has 0 bridgehead atoms. The van der Waals surface area contributed by atoms with Gasteiger partial charge in [0.05, 0.1) is 5.92 Å². The summed E-state index contributed by atoms with van der Waals surface area (Å²) in [6.07, 6.45) is 14.7. The highest BCUT2D eigenvalue weighted by Gasteiger charge is 2.40. The summed E-state index contributed by atoms with van der Waals surface area (Å²) >= 11 is 0. The highest BCUT2D eigenvalue weighted by atomic mass is 16.2. The van der Waals surface area contributed by atoms with E-state index in [9.17, 15) is 9.59 Å². The molecule has 0 aromatic carbocycles. The first-order chi connectivity index (χ1) is 13.0. The van der Waals surface area contributed by atoms with Gasteiger partial charge in [0.15, 0.2) is 0 Å². The molecule has 1 fully saturated rings. The Morgan fingerprint density at radius 1 is 0.963 bits per heavy atom. The monoisotopic (exact) mass is 374 g/mol. The summed E-state index contributed by atoms with van der Waals surface area (Å²) < 4.78 is 0. The molecule has 1 saturated heterocycles. The summed E-state index contributed by atoms with van der Waals surface area (Å²) in [5, 5.41) is 0. The van der Waals surface area contributed by atoms with Gasteiger partial charge in [0, 0.05) is 6.42 Å². The molecule has 1 unspecified atom stereocenters. The number of imide groups is 1. The van der Waals surface area contributed by atoms with Crippen molar-refractivity contribution in [3.8, 4) is 0 Å². The first-order valence-corrected chi connectivity index (χ1v) is 9.81. The number of nitrogens with zero attached hydrogens (tertiary/aromatic N) is 4. The van der Waals surface area contributed by atoms with Crippen molar-refractivity contribution in [2.45, 2.75) is 71.1 Å². The summed E-state index contributed by atoms with van der Waals surface area (Å²) in [4.78, 5) is 37.0. The van der Waals surface area contributed by atoms with Crippen LogP contribution in [0.25, 0.3) is 0 Å². The predicted octanol–water partition coefficient (Wildman–Crippen LogP) is 3.00. The van der Waals surface area contributed by atoms with Crippen molar-refractivity contribution in [2.75, 3.05) is 16.4 Å². The lowest BCUT2D eigenvalue weighted by molar-refractivity contribution is -0.122. The number of carbonyl (C=O) groups is 2. The molecule has 1 atom stereocenters. The van der Waals surface area contributed by atoms with Crippen molar-refractivity contribution in [1.29, 1.82) is 0 Å². The smallest absolute Gasteiger partial charge is 0.245 e. The summed E-state index contributed by atoms with van der Waals surface area (Å²) in [5.74, 6) is -1.36. The van der Waals surface area contributed by atoms with E-state index in [1.165, 1.54) is 38.5 Å². The Morgan fingerprint density at radius 3 is 2.26 bits per heavy atom. The zero-order chi connectivity index (χ0) is 19.6. The number of aromatic nitrogens is 3. The third kappa shape index (κ3) is 6.30. The van der Waals surface area contributed by atoms with Gasteiger partial charge in [0.1, 0.15) is 0 Å². The minimum atomic E-state index is -0.387. The van der Waals surface area contributed by atoms with Gasteiger partial charge in [-0.1, -0.05) is 57.6 Å². The number of hydrogen-bond donors (Lipinski definition) is 2. The van der Waals surface area contributed by atoms with Crippen molar-refractivity contribution in [2.24, 2.45) is 5.92 Å². The quantitative estimate of drug-likeness (QED) is 0.346. The van der Waals surface area contributed by atoms with Gasteiger partial charge in [-0.2, -0.15) is 15.0 Å². The Hall–Kier alpha value is -2.51. The second-order valence-electron chi connectivity index (χ2n) is 6.94. The number of hydrogen-bond acceptors (Lipinski definition) is 7. The Balaban J connectivity index is 1.75. The Kier molecular flexibility index (Phi) is 8.16. The fraction of sp³-hybridized carbons (Fsp3) is 0.632. The number of anilines is 3. The molecule has 2 amide bonds. The van der Waals surface area contributed by atoms with E-state index in [0.717, 1.165) is 17.7 Å². The van der Waals surface area contributed by atoms with Crippen LogP contribution >= 0.6 is 0 Å². The van der Waals surface area contributed by atoms with E-state index in [1.807, 2.05) is 6.08 Å². The minimum absolute atomic E-state index is 0.0930. The van der Waals surface area contributed by atoms with E-state index in [2.05, 4.69) is 28.0 Å². The van der Waals surface area contributed by atoms with E-state index in [0.29, 0.717) is 6.42 Å². The molecule has 1 aliphatic rings. The Labute approximate surface area is 160 Å². The first-order valence-electron chi connectivity index (χ1n) is 9.81. The van der Waals surface area contributed by atoms with Gasteiger partial charge in [-0.3, -0.25) is 9.59 Å². The maximum atomic E-state index is 12.5. The molecular weight excluding hydrogens is 344 g/mol. The molecule has 1 aliphatic heterocycles. The molecule has 8 heteroatoms. The summed E-state index contributed by atoms with van der Waals surface area (Å²) in [7, 11) is 0. The van der Waals surface area contributed by atoms with E-state index < -0.39 is 0 Å². The second-order valence-corrected chi connectivity index (χ2v) is 6.94. The molecule has 1 aromatic rings. The topological polar surface area (TPSA) is 128 Å². The lowest BCUT2D eigenvalue weighted by Crippen LogP contribution is -2.32. The zero-order valence-corrected chi connectivity index (χ0v) is 16.1. The minimum Gasteiger partial charge on any atom is -0.368 e. The molecule has 0 aliphatic carbocycles. The van der Waals surface area contributed by atoms with E-state index in [1.54, 1.807) is 0 Å². The number of nitrogen functional groups attached to an aromatic ring is 2. The standard InChI is InChI=1S/C19H30N6O2/c1-2-3-4-5-6-7-8-9-10-11-12-14-13-15(26)25(16(14)27)19-23-17(20)22-18(21)24-19/h10-11,14H,2-9,12-13H2,1H3,(H4,20,21,22,23,24)/b11-10+. The molecular formula is C19H30N6O2. The van der Waals surface area contributed by atoms with Crippen LogP contribution in [-0.2, 0) is 9.59 Å². The molecule has 8 nitrogen and oxygen atoms in total. The maximum absolute atomic E-state index is 12.5. The largest absolute Gasteiger partial charge is 0.368 e. The Bertz CT molecular complexity index is 656. The average Bonchev–Trinajstić information content (AvgIpc) is 2.89. The summed E-state index contributed by atoms with van der Waals surface area (Å²) in [5.41, 5.74) is 11.0. The molecule has 148 valence electrons. The van der Waals surface area contributed by atoms with Crippen molar-refractivity contribution in [3.05, 3.63) is 12.2 Å². The van der Waals surface area contributed by atoms with Crippen LogP contribution in [0.5, 0.6) is 0 Å². The number of amides is 2. The molecule has 0 radical (unpaired) electrons. The first kappa shape index (κ1) is 20.8. The van der Waals surface area contributed by atoms with E-state index in [4.69, 9.17) is 11.5 Å². The maximum Gasteiger partial charge on any atom is 0.245 e.